The molecule has 0 atom stereocenters. The second-order valence-corrected chi connectivity index (χ2v) is 7.04. The number of hydrogen-bond acceptors (Lipinski definition) is 4. The number of aryl methyl sites for hydroxylation is 1. The Morgan fingerprint density at radius 3 is 2.30 bits per heavy atom. The highest BCUT2D eigenvalue weighted by Crippen LogP contribution is 2.17. The van der Waals surface area contributed by atoms with Gasteiger partial charge in [-0.05, 0) is 43.4 Å². The molecule has 3 rings (SSSR count). The molecule has 1 aliphatic rings. The monoisotopic (exact) mass is 371 g/mol. The summed E-state index contributed by atoms with van der Waals surface area (Å²) in [6.07, 6.45) is 13.0. The van der Waals surface area contributed by atoms with Gasteiger partial charge in [-0.15, -0.1) is 0 Å². The summed E-state index contributed by atoms with van der Waals surface area (Å²) in [4.78, 5) is 5.93. The van der Waals surface area contributed by atoms with Crippen LogP contribution in [0.4, 0.5) is 0 Å². The molecule has 0 aliphatic carbocycles. The first kappa shape index (κ1) is 20.9. The third-order valence-corrected chi connectivity index (χ3v) is 4.83. The van der Waals surface area contributed by atoms with Crippen LogP contribution < -0.4 is 5.73 Å². The number of nitrogens with one attached hydrogen (secondary N) is 1. The Bertz CT molecular complexity index is 633. The predicted molar refractivity (Wildman–Crippen MR) is 110 cm³/mol. The fourth-order valence-corrected chi connectivity index (χ4v) is 3.18. The van der Waals surface area contributed by atoms with Gasteiger partial charge in [-0.25, -0.2) is 0 Å². The van der Waals surface area contributed by atoms with Gasteiger partial charge in [-0.3, -0.25) is 5.41 Å². The topological polar surface area (TPSA) is 92.0 Å². The fourth-order valence-electron chi connectivity index (χ4n) is 3.18. The summed E-state index contributed by atoms with van der Waals surface area (Å²) in [6, 6.07) is 8.43. The first-order valence-corrected chi connectivity index (χ1v) is 10.2. The molecule has 0 amide bonds. The summed E-state index contributed by atoms with van der Waals surface area (Å²) in [5, 5.41) is 10.6. The molecule has 0 spiro atoms. The van der Waals surface area contributed by atoms with Gasteiger partial charge in [0.2, 0.25) is 0 Å². The molecule has 6 heteroatoms. The van der Waals surface area contributed by atoms with Gasteiger partial charge >= 0.3 is 0 Å². The van der Waals surface area contributed by atoms with Gasteiger partial charge in [-0.2, -0.15) is 4.98 Å². The van der Waals surface area contributed by atoms with Gasteiger partial charge in [0.05, 0.1) is 0 Å². The Hall–Kier alpha value is -2.37. The van der Waals surface area contributed by atoms with Crippen molar-refractivity contribution in [2.45, 2.75) is 64.7 Å². The van der Waals surface area contributed by atoms with Crippen molar-refractivity contribution in [2.75, 3.05) is 13.1 Å². The van der Waals surface area contributed by atoms with Gasteiger partial charge < -0.3 is 15.2 Å². The van der Waals surface area contributed by atoms with Crippen molar-refractivity contribution in [1.29, 1.82) is 5.41 Å². The van der Waals surface area contributed by atoms with Crippen LogP contribution in [0.2, 0.25) is 0 Å². The zero-order valence-corrected chi connectivity index (χ0v) is 16.5. The van der Waals surface area contributed by atoms with Crippen molar-refractivity contribution in [3.05, 3.63) is 36.2 Å². The van der Waals surface area contributed by atoms with Gasteiger partial charge in [0.15, 0.2) is 12.3 Å². The lowest BCUT2D eigenvalue weighted by molar-refractivity contribution is 0.430. The van der Waals surface area contributed by atoms with Crippen molar-refractivity contribution in [3.8, 4) is 11.5 Å². The molecule has 0 unspecified atom stereocenters. The molecule has 27 heavy (non-hydrogen) atoms. The standard InChI is InChI=1S/C16H22N2O.C5H11N3/c1-2-3-4-5-6-7-8-14-9-11-15(12-10-14)16-17-13-18-19-16;6-5(7)8-3-1-2-4-8/h9-13H,2-8H2,1H3;1-4H2,(H3,6,7). The van der Waals surface area contributed by atoms with Crippen molar-refractivity contribution in [2.24, 2.45) is 5.73 Å². The average molecular weight is 372 g/mol. The fraction of sp³-hybridized carbons (Fsp3) is 0.571. The number of aromatic nitrogens is 2. The third kappa shape index (κ3) is 7.81. The van der Waals surface area contributed by atoms with Crippen molar-refractivity contribution < 1.29 is 4.52 Å². The van der Waals surface area contributed by atoms with Crippen LogP contribution in [0, 0.1) is 5.41 Å². The van der Waals surface area contributed by atoms with E-state index in [0.717, 1.165) is 25.1 Å². The van der Waals surface area contributed by atoms with Crippen molar-refractivity contribution in [1.82, 2.24) is 15.0 Å². The van der Waals surface area contributed by atoms with Crippen molar-refractivity contribution >= 4 is 5.96 Å². The minimum Gasteiger partial charge on any atom is -0.370 e. The zero-order chi connectivity index (χ0) is 19.3. The lowest BCUT2D eigenvalue weighted by atomic mass is 10.0. The van der Waals surface area contributed by atoms with Crippen LogP contribution in [0.3, 0.4) is 0 Å². The lowest BCUT2D eigenvalue weighted by Crippen LogP contribution is -2.33. The van der Waals surface area contributed by atoms with Crippen LogP contribution >= 0.6 is 0 Å². The molecule has 0 bridgehead atoms. The highest BCUT2D eigenvalue weighted by atomic mass is 16.5. The maximum absolute atomic E-state index is 7.00. The lowest BCUT2D eigenvalue weighted by Gasteiger charge is -2.12. The number of guanidine groups is 1. The molecule has 2 heterocycles. The predicted octanol–water partition coefficient (Wildman–Crippen LogP) is 4.62. The van der Waals surface area contributed by atoms with Crippen molar-refractivity contribution in [3.63, 3.8) is 0 Å². The number of unbranched alkanes of at least 4 members (excludes halogenated alkanes) is 5. The van der Waals surface area contributed by atoms with E-state index in [2.05, 4.69) is 41.3 Å². The highest BCUT2D eigenvalue weighted by molar-refractivity contribution is 5.74. The smallest absolute Gasteiger partial charge is 0.257 e. The van der Waals surface area contributed by atoms with E-state index in [-0.39, 0.29) is 5.96 Å². The Kier molecular flexibility index (Phi) is 9.38. The van der Waals surface area contributed by atoms with Gasteiger partial charge in [0, 0.05) is 18.7 Å². The van der Waals surface area contributed by atoms with Gasteiger partial charge in [0.1, 0.15) is 0 Å². The zero-order valence-electron chi connectivity index (χ0n) is 16.5. The summed E-state index contributed by atoms with van der Waals surface area (Å²) in [5.74, 6) is 0.814. The molecular weight excluding hydrogens is 338 g/mol. The van der Waals surface area contributed by atoms with E-state index in [4.69, 9.17) is 15.7 Å². The van der Waals surface area contributed by atoms with Gasteiger partial charge in [-0.1, -0.05) is 56.3 Å². The Morgan fingerprint density at radius 2 is 1.74 bits per heavy atom. The number of likely N-dealkylation sites (tertiary alicyclic amines) is 1. The van der Waals surface area contributed by atoms with E-state index in [1.807, 2.05) is 4.90 Å². The summed E-state index contributed by atoms with van der Waals surface area (Å²) < 4.78 is 5.03. The molecule has 148 valence electrons. The van der Waals surface area contributed by atoms with E-state index < -0.39 is 0 Å². The first-order valence-electron chi connectivity index (χ1n) is 10.2. The molecule has 6 nitrogen and oxygen atoms in total. The van der Waals surface area contributed by atoms with E-state index in [1.165, 1.54) is 63.3 Å². The van der Waals surface area contributed by atoms with E-state index in [1.54, 1.807) is 0 Å². The number of nitrogens with two attached hydrogens (primary N) is 1. The number of nitrogens with zero attached hydrogens (tertiary/aromatic N) is 3. The Morgan fingerprint density at radius 1 is 1.07 bits per heavy atom. The average Bonchev–Trinajstić information content (AvgIpc) is 3.40. The summed E-state index contributed by atoms with van der Waals surface area (Å²) >= 11 is 0. The highest BCUT2D eigenvalue weighted by Gasteiger charge is 2.10. The van der Waals surface area contributed by atoms with E-state index >= 15 is 0 Å². The van der Waals surface area contributed by atoms with E-state index in [0.29, 0.717) is 5.89 Å². The largest absolute Gasteiger partial charge is 0.370 e. The maximum Gasteiger partial charge on any atom is 0.257 e. The van der Waals surface area contributed by atoms with E-state index in [9.17, 15) is 0 Å². The van der Waals surface area contributed by atoms with Crippen LogP contribution in [0.1, 0.15) is 63.9 Å². The SMILES string of the molecule is CCCCCCCCc1ccc(-c2ncno2)cc1.N=C(N)N1CCCC1. The number of hydrogen-bond donors (Lipinski definition) is 2. The summed E-state index contributed by atoms with van der Waals surface area (Å²) in [7, 11) is 0. The third-order valence-electron chi connectivity index (χ3n) is 4.83. The maximum atomic E-state index is 7.00. The summed E-state index contributed by atoms with van der Waals surface area (Å²) in [6.45, 7) is 4.22. The minimum absolute atomic E-state index is 0.225. The normalized spacial score (nSPS) is 13.3. The molecular formula is C21H33N5O. The second-order valence-electron chi connectivity index (χ2n) is 7.04. The Balaban J connectivity index is 0.000000273. The molecule has 0 radical (unpaired) electrons. The molecule has 1 saturated heterocycles. The molecule has 1 aromatic carbocycles. The van der Waals surface area contributed by atoms with Crippen LogP contribution in [0.5, 0.6) is 0 Å². The van der Waals surface area contributed by atoms with Crippen LogP contribution in [0.25, 0.3) is 11.5 Å². The quantitative estimate of drug-likeness (QED) is 0.401. The number of rotatable bonds is 8. The minimum atomic E-state index is 0.225. The second kappa shape index (κ2) is 12.1. The van der Waals surface area contributed by atoms with Crippen LogP contribution in [-0.4, -0.2) is 34.1 Å². The van der Waals surface area contributed by atoms with Crippen LogP contribution in [0.15, 0.2) is 35.1 Å². The first-order chi connectivity index (χ1) is 13.2. The molecule has 1 fully saturated rings. The molecule has 0 saturated carbocycles. The Labute approximate surface area is 162 Å². The molecule has 3 N–H and O–H groups in total. The molecule has 2 aromatic rings. The summed E-state index contributed by atoms with van der Waals surface area (Å²) in [5.41, 5.74) is 7.58. The van der Waals surface area contributed by atoms with Crippen LogP contribution in [-0.2, 0) is 6.42 Å². The van der Waals surface area contributed by atoms with Gasteiger partial charge in [0.25, 0.3) is 5.89 Å². The molecule has 1 aromatic heterocycles. The number of benzene rings is 1. The molecule has 1 aliphatic heterocycles.